The first-order chi connectivity index (χ1) is 13.9. The van der Waals surface area contributed by atoms with Crippen molar-refractivity contribution in [3.63, 3.8) is 0 Å². The van der Waals surface area contributed by atoms with E-state index in [4.69, 9.17) is 0 Å². The van der Waals surface area contributed by atoms with Crippen LogP contribution in [0.4, 0.5) is 5.69 Å². The molecule has 1 amide bonds. The molecular weight excluding hydrogens is 390 g/mol. The second kappa shape index (κ2) is 7.72. The number of fused-ring (bicyclic) bond motifs is 1. The van der Waals surface area contributed by atoms with E-state index in [2.05, 4.69) is 26.2 Å². The van der Waals surface area contributed by atoms with Gasteiger partial charge in [0.2, 0.25) is 0 Å². The lowest BCUT2D eigenvalue weighted by Gasteiger charge is -2.38. The largest absolute Gasteiger partial charge is 0.370 e. The van der Waals surface area contributed by atoms with Crippen LogP contribution in [-0.4, -0.2) is 80.0 Å². The first-order valence-electron chi connectivity index (χ1n) is 9.78. The zero-order valence-corrected chi connectivity index (χ0v) is 17.5. The maximum atomic E-state index is 13.4. The van der Waals surface area contributed by atoms with Crippen molar-refractivity contribution in [2.24, 2.45) is 5.41 Å². The Morgan fingerprint density at radius 1 is 1.21 bits per heavy atom. The van der Waals surface area contributed by atoms with Crippen LogP contribution in [0.3, 0.4) is 0 Å². The van der Waals surface area contributed by atoms with Crippen LogP contribution in [0.25, 0.3) is 11.0 Å². The molecular formula is C19H25N7O2S. The Labute approximate surface area is 172 Å². The van der Waals surface area contributed by atoms with Gasteiger partial charge in [-0.15, -0.1) is 0 Å². The van der Waals surface area contributed by atoms with Gasteiger partial charge in [0.25, 0.3) is 5.91 Å². The molecule has 2 aromatic rings. The summed E-state index contributed by atoms with van der Waals surface area (Å²) < 4.78 is 13.6. The van der Waals surface area contributed by atoms with Crippen LogP contribution < -0.4 is 4.90 Å². The highest BCUT2D eigenvalue weighted by atomic mass is 32.2. The van der Waals surface area contributed by atoms with Crippen molar-refractivity contribution in [2.75, 3.05) is 50.4 Å². The van der Waals surface area contributed by atoms with Crippen molar-refractivity contribution < 1.29 is 9.00 Å². The van der Waals surface area contributed by atoms with E-state index in [0.717, 1.165) is 23.9 Å². The fraction of sp³-hybridized carbons (Fsp3) is 0.579. The van der Waals surface area contributed by atoms with Gasteiger partial charge in [0.15, 0.2) is 5.65 Å². The molecule has 0 aromatic carbocycles. The minimum absolute atomic E-state index is 0.0641. The molecule has 1 atom stereocenters. The summed E-state index contributed by atoms with van der Waals surface area (Å²) in [6.45, 7) is 5.66. The van der Waals surface area contributed by atoms with E-state index in [0.29, 0.717) is 50.5 Å². The van der Waals surface area contributed by atoms with Gasteiger partial charge in [0.1, 0.15) is 0 Å². The molecule has 2 saturated heterocycles. The third-order valence-electron chi connectivity index (χ3n) is 6.03. The Kier molecular flexibility index (Phi) is 5.27. The molecule has 9 nitrogen and oxygen atoms in total. The van der Waals surface area contributed by atoms with Gasteiger partial charge in [-0.05, 0) is 19.8 Å². The number of pyridine rings is 1. The molecule has 2 aliphatic heterocycles. The van der Waals surface area contributed by atoms with Gasteiger partial charge >= 0.3 is 0 Å². The van der Waals surface area contributed by atoms with Gasteiger partial charge in [-0.2, -0.15) is 10.4 Å². The molecule has 4 heterocycles. The third-order valence-corrected chi connectivity index (χ3v) is 7.12. The van der Waals surface area contributed by atoms with Crippen molar-refractivity contribution >= 4 is 33.6 Å². The van der Waals surface area contributed by atoms with Gasteiger partial charge < -0.3 is 9.80 Å². The molecule has 29 heavy (non-hydrogen) atoms. The van der Waals surface area contributed by atoms with E-state index in [1.807, 2.05) is 11.2 Å². The first kappa shape index (κ1) is 19.8. The highest BCUT2D eigenvalue weighted by Crippen LogP contribution is 2.36. The smallest absolute Gasteiger partial charge is 0.257 e. The second-order valence-electron chi connectivity index (χ2n) is 7.96. The van der Waals surface area contributed by atoms with Crippen molar-refractivity contribution in [1.29, 1.82) is 5.26 Å². The van der Waals surface area contributed by atoms with Crippen LogP contribution in [0.15, 0.2) is 12.4 Å². The molecule has 0 spiro atoms. The van der Waals surface area contributed by atoms with Crippen molar-refractivity contribution in [3.05, 3.63) is 18.0 Å². The fourth-order valence-electron chi connectivity index (χ4n) is 4.04. The zero-order valence-electron chi connectivity index (χ0n) is 16.7. The number of aromatic nitrogens is 3. The lowest BCUT2D eigenvalue weighted by atomic mass is 9.81. The number of piperidine rings is 1. The summed E-state index contributed by atoms with van der Waals surface area (Å²) in [7, 11) is -1.02. The van der Waals surface area contributed by atoms with Gasteiger partial charge in [-0.1, -0.05) is 0 Å². The highest BCUT2D eigenvalue weighted by Gasteiger charge is 2.33. The van der Waals surface area contributed by atoms with Crippen LogP contribution in [-0.2, 0) is 11.0 Å². The van der Waals surface area contributed by atoms with Gasteiger partial charge in [-0.25, -0.2) is 13.5 Å². The minimum atomic E-state index is -1.02. The van der Waals surface area contributed by atoms with E-state index in [1.54, 1.807) is 23.5 Å². The summed E-state index contributed by atoms with van der Waals surface area (Å²) >= 11 is 0. The van der Waals surface area contributed by atoms with E-state index >= 15 is 0 Å². The Hall–Kier alpha value is -2.51. The lowest BCUT2D eigenvalue weighted by molar-refractivity contribution is 0.0701. The Bertz CT molecular complexity index is 982. The number of nitrogens with one attached hydrogen (secondary N) is 1. The van der Waals surface area contributed by atoms with Crippen LogP contribution in [0.1, 0.15) is 30.1 Å². The summed E-state index contributed by atoms with van der Waals surface area (Å²) in [5.74, 6) is -0.0641. The van der Waals surface area contributed by atoms with Gasteiger partial charge in [-0.3, -0.25) is 9.89 Å². The number of nitriles is 1. The summed E-state index contributed by atoms with van der Waals surface area (Å²) in [6.07, 6.45) is 6.50. The number of carbonyl (C=O) groups is 1. The molecule has 0 bridgehead atoms. The third kappa shape index (κ3) is 3.72. The first-order valence-corrected chi connectivity index (χ1v) is 11.3. The monoisotopic (exact) mass is 415 g/mol. The summed E-state index contributed by atoms with van der Waals surface area (Å²) in [5.41, 5.74) is 1.73. The summed E-state index contributed by atoms with van der Waals surface area (Å²) in [6, 6.07) is 2.42. The molecule has 0 aliphatic carbocycles. The highest BCUT2D eigenvalue weighted by molar-refractivity contribution is 7.81. The SMILES string of the molecule is CS(=O)N1CCN(C(=O)c2cnc3[nH]ncc3c2N2CCC(C)(C#N)CC2)CC1. The van der Waals surface area contributed by atoms with Crippen LogP contribution in [0.5, 0.6) is 0 Å². The number of rotatable bonds is 3. The average molecular weight is 416 g/mol. The predicted octanol–water partition coefficient (Wildman–Crippen LogP) is 1.14. The van der Waals surface area contributed by atoms with Crippen LogP contribution >= 0.6 is 0 Å². The number of piperazine rings is 1. The normalized spacial score (nSPS) is 21.1. The quantitative estimate of drug-likeness (QED) is 0.805. The molecule has 0 radical (unpaired) electrons. The standard InChI is InChI=1S/C19H25N7O2S/c1-19(13-20)3-5-24(6-4-19)16-14-12-22-23-17(14)21-11-15(16)18(27)25-7-9-26(10-8-25)29(2)28/h11-12H,3-10H2,1-2H3,(H,21,22,23). The van der Waals surface area contributed by atoms with E-state index < -0.39 is 11.0 Å². The maximum absolute atomic E-state index is 13.4. The molecule has 154 valence electrons. The molecule has 4 rings (SSSR count). The number of hydrogen-bond donors (Lipinski definition) is 1. The second-order valence-corrected chi connectivity index (χ2v) is 9.32. The number of nitrogens with zero attached hydrogens (tertiary/aromatic N) is 6. The van der Waals surface area contributed by atoms with Crippen LogP contribution in [0, 0.1) is 16.7 Å². The molecule has 2 aromatic heterocycles. The Morgan fingerprint density at radius 3 is 2.52 bits per heavy atom. The van der Waals surface area contributed by atoms with E-state index in [1.165, 1.54) is 0 Å². The average Bonchev–Trinajstić information content (AvgIpc) is 3.22. The lowest BCUT2D eigenvalue weighted by Crippen LogP contribution is -2.49. The summed E-state index contributed by atoms with van der Waals surface area (Å²) in [4.78, 5) is 21.8. The molecule has 2 aliphatic rings. The van der Waals surface area contributed by atoms with Crippen molar-refractivity contribution in [1.82, 2.24) is 24.4 Å². The minimum Gasteiger partial charge on any atom is -0.370 e. The molecule has 1 N–H and O–H groups in total. The fourth-order valence-corrected chi connectivity index (χ4v) is 4.72. The van der Waals surface area contributed by atoms with E-state index in [-0.39, 0.29) is 11.3 Å². The number of amides is 1. The number of hydrogen-bond acceptors (Lipinski definition) is 6. The molecule has 0 saturated carbocycles. The maximum Gasteiger partial charge on any atom is 0.257 e. The number of anilines is 1. The zero-order chi connectivity index (χ0) is 20.6. The topological polar surface area (TPSA) is 109 Å². The predicted molar refractivity (Wildman–Crippen MR) is 111 cm³/mol. The molecule has 2 fully saturated rings. The summed E-state index contributed by atoms with van der Waals surface area (Å²) in [5, 5.41) is 17.3. The van der Waals surface area contributed by atoms with Crippen molar-refractivity contribution in [2.45, 2.75) is 19.8 Å². The molecule has 1 unspecified atom stereocenters. The van der Waals surface area contributed by atoms with Gasteiger partial charge in [0.05, 0.1) is 45.3 Å². The Balaban J connectivity index is 1.63. The number of carbonyl (C=O) groups excluding carboxylic acids is 1. The molecule has 10 heteroatoms. The van der Waals surface area contributed by atoms with Crippen LogP contribution in [0.2, 0.25) is 0 Å². The Morgan fingerprint density at radius 2 is 1.90 bits per heavy atom. The van der Waals surface area contributed by atoms with Gasteiger partial charge in [0, 0.05) is 51.7 Å². The van der Waals surface area contributed by atoms with Crippen molar-refractivity contribution in [3.8, 4) is 6.07 Å². The number of aromatic amines is 1. The number of H-pyrrole nitrogens is 1. The van der Waals surface area contributed by atoms with E-state index in [9.17, 15) is 14.3 Å².